The van der Waals surface area contributed by atoms with Crippen LogP contribution in [0.2, 0.25) is 0 Å². The van der Waals surface area contributed by atoms with Crippen molar-refractivity contribution in [1.29, 1.82) is 0 Å². The molecule has 0 saturated heterocycles. The Morgan fingerprint density at radius 1 is 1.08 bits per heavy atom. The number of furan rings is 1. The van der Waals surface area contributed by atoms with Crippen LogP contribution in [0.4, 0.5) is 5.82 Å². The van der Waals surface area contributed by atoms with Crippen molar-refractivity contribution in [2.75, 3.05) is 25.7 Å². The Kier molecular flexibility index (Phi) is 6.81. The Balaban J connectivity index is 1.51. The van der Waals surface area contributed by atoms with Crippen LogP contribution >= 0.6 is 0 Å². The molecule has 1 atom stereocenters. The van der Waals surface area contributed by atoms with Crippen LogP contribution in [0.1, 0.15) is 36.1 Å². The Morgan fingerprint density at radius 3 is 2.51 bits per heavy atom. The highest BCUT2D eigenvalue weighted by Crippen LogP contribution is 2.38. The molecule has 0 radical (unpaired) electrons. The molecule has 3 heterocycles. The zero-order chi connectivity index (χ0) is 25.9. The van der Waals surface area contributed by atoms with Crippen LogP contribution in [0.25, 0.3) is 11.3 Å². The normalized spacial score (nSPS) is 12.8. The molecule has 4 aromatic rings. The molecule has 1 aliphatic rings. The van der Waals surface area contributed by atoms with Gasteiger partial charge in [0.1, 0.15) is 11.6 Å². The van der Waals surface area contributed by atoms with Gasteiger partial charge in [-0.15, -0.1) is 0 Å². The first-order chi connectivity index (χ1) is 18.0. The van der Waals surface area contributed by atoms with Gasteiger partial charge in [-0.3, -0.25) is 14.3 Å². The van der Waals surface area contributed by atoms with Gasteiger partial charge in [-0.2, -0.15) is 4.98 Å². The number of rotatable bonds is 8. The highest BCUT2D eigenvalue weighted by Gasteiger charge is 2.25. The monoisotopic (exact) mass is 499 g/mol. The summed E-state index contributed by atoms with van der Waals surface area (Å²) in [6, 6.07) is 19.5. The topological polar surface area (TPSA) is 86.8 Å². The number of anilines is 1. The average molecular weight is 500 g/mol. The first-order valence-corrected chi connectivity index (χ1v) is 12.2. The van der Waals surface area contributed by atoms with Crippen LogP contribution in [0.5, 0.6) is 11.5 Å². The van der Waals surface area contributed by atoms with Gasteiger partial charge in [0.05, 0.1) is 26.2 Å². The highest BCUT2D eigenvalue weighted by atomic mass is 16.5. The number of carbonyl (C=O) groups is 1. The second-order valence-corrected chi connectivity index (χ2v) is 8.99. The van der Waals surface area contributed by atoms with E-state index >= 15 is 0 Å². The molecule has 2 aromatic carbocycles. The molecule has 0 bridgehead atoms. The maximum atomic E-state index is 13.1. The Morgan fingerprint density at radius 2 is 1.84 bits per heavy atom. The molecule has 8 heteroatoms. The van der Waals surface area contributed by atoms with Gasteiger partial charge in [-0.1, -0.05) is 30.3 Å². The third-order valence-corrected chi connectivity index (χ3v) is 6.87. The number of hydrogen-bond acceptors (Lipinski definition) is 6. The fourth-order valence-electron chi connectivity index (χ4n) is 5.01. The second kappa shape index (κ2) is 10.3. The van der Waals surface area contributed by atoms with E-state index in [1.165, 1.54) is 6.92 Å². The van der Waals surface area contributed by atoms with E-state index in [1.54, 1.807) is 29.9 Å². The summed E-state index contributed by atoms with van der Waals surface area (Å²) in [5, 5.41) is 0. The van der Waals surface area contributed by atoms with Gasteiger partial charge in [0.25, 0.3) is 0 Å². The van der Waals surface area contributed by atoms with E-state index in [2.05, 4.69) is 4.98 Å². The molecule has 1 amide bonds. The molecule has 5 rings (SSSR count). The molecule has 37 heavy (non-hydrogen) atoms. The SMILES string of the molecule is COc1cc2c(cc1OC)-c1cc(N(CCC(c3ccccc3)c3ccco3)C(C)=O)nc(=O)n1CC2. The molecule has 1 aliphatic heterocycles. The van der Waals surface area contributed by atoms with Gasteiger partial charge in [-0.25, -0.2) is 4.79 Å². The van der Waals surface area contributed by atoms with Gasteiger partial charge in [0.2, 0.25) is 5.91 Å². The summed E-state index contributed by atoms with van der Waals surface area (Å²) in [4.78, 5) is 31.8. The van der Waals surface area contributed by atoms with Gasteiger partial charge < -0.3 is 13.9 Å². The first-order valence-electron chi connectivity index (χ1n) is 12.2. The van der Waals surface area contributed by atoms with Crippen molar-refractivity contribution >= 4 is 11.7 Å². The standard InChI is InChI=1S/C29H29N3O5/c1-19(33)31(14-12-22(25-10-7-15-37-25)20-8-5-4-6-9-20)28-18-24-23-17-27(36-3)26(35-2)16-21(23)11-13-32(24)29(34)30-28/h4-10,15-18,22H,11-14H2,1-3H3. The summed E-state index contributed by atoms with van der Waals surface area (Å²) in [7, 11) is 3.18. The summed E-state index contributed by atoms with van der Waals surface area (Å²) in [6.45, 7) is 2.36. The van der Waals surface area contributed by atoms with Crippen molar-refractivity contribution in [2.45, 2.75) is 32.2 Å². The Bertz CT molecular complexity index is 1460. The van der Waals surface area contributed by atoms with Gasteiger partial charge in [0.15, 0.2) is 11.5 Å². The molecule has 0 saturated carbocycles. The molecule has 190 valence electrons. The lowest BCUT2D eigenvalue weighted by Gasteiger charge is -2.27. The molecule has 8 nitrogen and oxygen atoms in total. The molecular weight excluding hydrogens is 470 g/mol. The van der Waals surface area contributed by atoms with E-state index in [9.17, 15) is 9.59 Å². The van der Waals surface area contributed by atoms with E-state index < -0.39 is 0 Å². The minimum absolute atomic E-state index is 0.0470. The largest absolute Gasteiger partial charge is 0.493 e. The predicted octanol–water partition coefficient (Wildman–Crippen LogP) is 4.65. The summed E-state index contributed by atoms with van der Waals surface area (Å²) < 4.78 is 18.3. The number of aryl methyl sites for hydroxylation is 1. The number of aromatic nitrogens is 2. The van der Waals surface area contributed by atoms with Crippen molar-refractivity contribution in [2.24, 2.45) is 0 Å². The maximum absolute atomic E-state index is 13.1. The van der Waals surface area contributed by atoms with Crippen LogP contribution in [0, 0.1) is 0 Å². The molecular formula is C29H29N3O5. The lowest BCUT2D eigenvalue weighted by atomic mass is 9.93. The molecule has 0 spiro atoms. The van der Waals surface area contributed by atoms with Crippen molar-refractivity contribution in [3.8, 4) is 22.8 Å². The zero-order valence-electron chi connectivity index (χ0n) is 21.1. The van der Waals surface area contributed by atoms with Crippen molar-refractivity contribution in [1.82, 2.24) is 9.55 Å². The molecule has 0 N–H and O–H groups in total. The third kappa shape index (κ3) is 4.74. The van der Waals surface area contributed by atoms with Crippen molar-refractivity contribution in [3.05, 3.63) is 94.3 Å². The summed E-state index contributed by atoms with van der Waals surface area (Å²) in [5.41, 5.74) is 3.32. The van der Waals surface area contributed by atoms with Crippen LogP contribution in [0.15, 0.2) is 76.1 Å². The lowest BCUT2D eigenvalue weighted by molar-refractivity contribution is -0.116. The van der Waals surface area contributed by atoms with Gasteiger partial charge >= 0.3 is 5.69 Å². The average Bonchev–Trinajstić information content (AvgIpc) is 3.45. The Labute approximate surface area is 215 Å². The predicted molar refractivity (Wildman–Crippen MR) is 140 cm³/mol. The number of benzene rings is 2. The third-order valence-electron chi connectivity index (χ3n) is 6.87. The van der Waals surface area contributed by atoms with E-state index in [0.29, 0.717) is 48.9 Å². The lowest BCUT2D eigenvalue weighted by Crippen LogP contribution is -2.36. The number of methoxy groups -OCH3 is 2. The minimum Gasteiger partial charge on any atom is -0.493 e. The summed E-state index contributed by atoms with van der Waals surface area (Å²) in [5.74, 6) is 2.14. The van der Waals surface area contributed by atoms with E-state index in [0.717, 1.165) is 22.5 Å². The van der Waals surface area contributed by atoms with Crippen LogP contribution in [-0.2, 0) is 17.8 Å². The Hall–Kier alpha value is -4.33. The van der Waals surface area contributed by atoms with Crippen LogP contribution in [-0.4, -0.2) is 36.2 Å². The molecule has 0 fully saturated rings. The van der Waals surface area contributed by atoms with Gasteiger partial charge in [-0.05, 0) is 48.2 Å². The smallest absolute Gasteiger partial charge is 0.350 e. The first kappa shape index (κ1) is 24.4. The fourth-order valence-corrected chi connectivity index (χ4v) is 5.01. The van der Waals surface area contributed by atoms with Crippen molar-refractivity contribution < 1.29 is 18.7 Å². The maximum Gasteiger partial charge on any atom is 0.350 e. The fraction of sp³-hybridized carbons (Fsp3) is 0.276. The number of hydrogen-bond donors (Lipinski definition) is 0. The molecule has 0 aliphatic carbocycles. The number of carbonyl (C=O) groups excluding carboxylic acids is 1. The van der Waals surface area contributed by atoms with E-state index in [1.807, 2.05) is 60.7 Å². The van der Waals surface area contributed by atoms with Crippen LogP contribution < -0.4 is 20.1 Å². The number of fused-ring (bicyclic) bond motifs is 3. The second-order valence-electron chi connectivity index (χ2n) is 8.99. The molecule has 2 aromatic heterocycles. The summed E-state index contributed by atoms with van der Waals surface area (Å²) >= 11 is 0. The van der Waals surface area contributed by atoms with E-state index in [4.69, 9.17) is 13.9 Å². The number of ether oxygens (including phenoxy) is 2. The minimum atomic E-state index is -0.384. The highest BCUT2D eigenvalue weighted by molar-refractivity contribution is 5.91. The number of nitrogens with zero attached hydrogens (tertiary/aromatic N) is 3. The van der Waals surface area contributed by atoms with Gasteiger partial charge in [0, 0.05) is 37.6 Å². The quantitative estimate of drug-likeness (QED) is 0.351. The van der Waals surface area contributed by atoms with E-state index in [-0.39, 0.29) is 17.5 Å². The summed E-state index contributed by atoms with van der Waals surface area (Å²) in [6.07, 6.45) is 2.92. The van der Waals surface area contributed by atoms with Crippen LogP contribution in [0.3, 0.4) is 0 Å². The van der Waals surface area contributed by atoms with Crippen molar-refractivity contribution in [3.63, 3.8) is 0 Å². The molecule has 1 unspecified atom stereocenters. The zero-order valence-corrected chi connectivity index (χ0v) is 21.1. The number of amides is 1.